The van der Waals surface area contributed by atoms with Crippen LogP contribution in [0.25, 0.3) is 31.4 Å². The van der Waals surface area contributed by atoms with Gasteiger partial charge in [0.2, 0.25) is 0 Å². The van der Waals surface area contributed by atoms with E-state index in [9.17, 15) is 18.0 Å². The zero-order valence-electron chi connectivity index (χ0n) is 20.6. The lowest BCUT2D eigenvalue weighted by Gasteiger charge is -2.19. The Morgan fingerprint density at radius 2 is 1.92 bits per heavy atom. The van der Waals surface area contributed by atoms with Crippen LogP contribution in [-0.2, 0) is 4.79 Å². The fourth-order valence-corrected chi connectivity index (χ4v) is 5.86. The molecular weight excluding hydrogens is 535 g/mol. The van der Waals surface area contributed by atoms with Gasteiger partial charge in [0.15, 0.2) is 11.6 Å². The standard InChI is InChI=1S/C26H24F3N5O2S2/c1-15-9-11-34(25(15)35)33-23-20-16(2)21(38-24(20)32-22(31-23)19-4-3-13-37-19)17-5-7-18(8-6-17)36-12-10-30-14-26(27,28)29/h3-9,13,30H,10-12,14H2,1-2H3,(H,31,32,33). The molecule has 1 aromatic carbocycles. The lowest BCUT2D eigenvalue weighted by atomic mass is 10.1. The number of hydrazine groups is 1. The second-order valence-electron chi connectivity index (χ2n) is 8.69. The Hall–Kier alpha value is -3.48. The van der Waals surface area contributed by atoms with E-state index in [0.29, 0.717) is 29.5 Å². The molecule has 4 aromatic rings. The summed E-state index contributed by atoms with van der Waals surface area (Å²) in [6, 6.07) is 11.3. The summed E-state index contributed by atoms with van der Waals surface area (Å²) in [5.41, 5.74) is 5.83. The van der Waals surface area contributed by atoms with E-state index in [1.54, 1.807) is 35.4 Å². The molecule has 198 valence electrons. The number of alkyl halides is 3. The van der Waals surface area contributed by atoms with Crippen molar-refractivity contribution in [2.75, 3.05) is 31.7 Å². The van der Waals surface area contributed by atoms with Gasteiger partial charge in [-0.2, -0.15) is 13.2 Å². The van der Waals surface area contributed by atoms with Crippen LogP contribution in [0.1, 0.15) is 12.5 Å². The number of hydrogen-bond donors (Lipinski definition) is 2. The van der Waals surface area contributed by atoms with Crippen molar-refractivity contribution in [2.24, 2.45) is 0 Å². The van der Waals surface area contributed by atoms with Gasteiger partial charge in [0.05, 0.1) is 23.4 Å². The summed E-state index contributed by atoms with van der Waals surface area (Å²) in [4.78, 5) is 24.9. The van der Waals surface area contributed by atoms with Crippen LogP contribution < -0.4 is 15.5 Å². The molecule has 0 spiro atoms. The maximum atomic E-state index is 12.5. The average molecular weight is 560 g/mol. The van der Waals surface area contributed by atoms with Gasteiger partial charge in [0, 0.05) is 17.0 Å². The number of nitrogens with zero attached hydrogens (tertiary/aromatic N) is 3. The van der Waals surface area contributed by atoms with Gasteiger partial charge in [-0.3, -0.25) is 10.2 Å². The highest BCUT2D eigenvalue weighted by atomic mass is 32.1. The Labute approximate surface area is 225 Å². The normalized spacial score (nSPS) is 13.9. The van der Waals surface area contributed by atoms with Crippen LogP contribution in [0.5, 0.6) is 5.75 Å². The summed E-state index contributed by atoms with van der Waals surface area (Å²) in [6.07, 6.45) is -2.37. The van der Waals surface area contributed by atoms with Crippen LogP contribution in [0.2, 0.25) is 0 Å². The van der Waals surface area contributed by atoms with Crippen LogP contribution in [-0.4, -0.2) is 53.3 Å². The molecule has 5 rings (SSSR count). The Bertz CT molecular complexity index is 1480. The summed E-state index contributed by atoms with van der Waals surface area (Å²) in [5, 5.41) is 6.67. The molecule has 0 radical (unpaired) electrons. The molecule has 0 bridgehead atoms. The number of ether oxygens (including phenoxy) is 1. The Balaban J connectivity index is 1.40. The van der Waals surface area contributed by atoms with Gasteiger partial charge in [-0.25, -0.2) is 15.0 Å². The van der Waals surface area contributed by atoms with E-state index in [2.05, 4.69) is 10.7 Å². The van der Waals surface area contributed by atoms with E-state index < -0.39 is 12.7 Å². The zero-order chi connectivity index (χ0) is 26.9. The van der Waals surface area contributed by atoms with Crippen molar-refractivity contribution < 1.29 is 22.7 Å². The van der Waals surface area contributed by atoms with Crippen LogP contribution in [0.3, 0.4) is 0 Å². The van der Waals surface area contributed by atoms with Gasteiger partial charge < -0.3 is 10.1 Å². The van der Waals surface area contributed by atoms with Gasteiger partial charge in [0.1, 0.15) is 17.2 Å². The summed E-state index contributed by atoms with van der Waals surface area (Å²) in [6.45, 7) is 3.41. The molecule has 0 fully saturated rings. The maximum Gasteiger partial charge on any atom is 0.401 e. The predicted molar refractivity (Wildman–Crippen MR) is 144 cm³/mol. The van der Waals surface area contributed by atoms with E-state index in [4.69, 9.17) is 14.7 Å². The number of carbonyl (C=O) groups is 1. The lowest BCUT2D eigenvalue weighted by Crippen LogP contribution is -2.33. The molecule has 12 heteroatoms. The van der Waals surface area contributed by atoms with Crippen molar-refractivity contribution in [1.29, 1.82) is 0 Å². The van der Waals surface area contributed by atoms with Crippen molar-refractivity contribution >= 4 is 44.6 Å². The first-order valence-electron chi connectivity index (χ1n) is 11.8. The molecule has 0 saturated carbocycles. The summed E-state index contributed by atoms with van der Waals surface area (Å²) < 4.78 is 42.3. The highest BCUT2D eigenvalue weighted by Crippen LogP contribution is 2.42. The number of anilines is 1. The van der Waals surface area contributed by atoms with Crippen molar-refractivity contribution in [2.45, 2.75) is 20.0 Å². The predicted octanol–water partition coefficient (Wildman–Crippen LogP) is 6.04. The summed E-state index contributed by atoms with van der Waals surface area (Å²) in [7, 11) is 0. The van der Waals surface area contributed by atoms with Crippen LogP contribution >= 0.6 is 22.7 Å². The second kappa shape index (κ2) is 10.7. The molecular formula is C26H24F3N5O2S2. The number of halogens is 3. The fourth-order valence-electron chi connectivity index (χ4n) is 4.02. The third-order valence-corrected chi connectivity index (χ3v) is 8.03. The van der Waals surface area contributed by atoms with Gasteiger partial charge in [-0.05, 0) is 60.7 Å². The summed E-state index contributed by atoms with van der Waals surface area (Å²) >= 11 is 3.08. The maximum absolute atomic E-state index is 12.5. The molecule has 0 aliphatic carbocycles. The third-order valence-electron chi connectivity index (χ3n) is 5.92. The number of hydrogen-bond acceptors (Lipinski definition) is 8. The Kier molecular flexibility index (Phi) is 7.37. The van der Waals surface area contributed by atoms with E-state index in [-0.39, 0.29) is 19.1 Å². The van der Waals surface area contributed by atoms with Crippen LogP contribution in [0.4, 0.5) is 19.0 Å². The number of benzene rings is 1. The first-order chi connectivity index (χ1) is 18.2. The largest absolute Gasteiger partial charge is 0.492 e. The smallest absolute Gasteiger partial charge is 0.401 e. The van der Waals surface area contributed by atoms with Crippen molar-refractivity contribution in [3.8, 4) is 26.9 Å². The number of thiophene rings is 2. The van der Waals surface area contributed by atoms with Gasteiger partial charge in [0.25, 0.3) is 5.91 Å². The van der Waals surface area contributed by atoms with Crippen molar-refractivity contribution in [3.63, 3.8) is 0 Å². The van der Waals surface area contributed by atoms with Crippen molar-refractivity contribution in [3.05, 3.63) is 59.0 Å². The first-order valence-corrected chi connectivity index (χ1v) is 13.5. The van der Waals surface area contributed by atoms with Crippen molar-refractivity contribution in [1.82, 2.24) is 20.3 Å². The van der Waals surface area contributed by atoms with Crippen LogP contribution in [0.15, 0.2) is 53.4 Å². The Morgan fingerprint density at radius 3 is 2.58 bits per heavy atom. The summed E-state index contributed by atoms with van der Waals surface area (Å²) in [5.74, 6) is 1.63. The number of aryl methyl sites for hydroxylation is 1. The lowest BCUT2D eigenvalue weighted by molar-refractivity contribution is -0.125. The third kappa shape index (κ3) is 5.66. The van der Waals surface area contributed by atoms with E-state index in [1.807, 2.05) is 42.6 Å². The average Bonchev–Trinajstić information content (AvgIpc) is 3.60. The molecule has 1 aliphatic rings. The highest BCUT2D eigenvalue weighted by molar-refractivity contribution is 7.22. The molecule has 1 aliphatic heterocycles. The first kappa shape index (κ1) is 26.1. The molecule has 1 amide bonds. The SMILES string of the molecule is CC1=CCN(Nc2nc(-c3cccs3)nc3sc(-c4ccc(OCCNCC(F)(F)F)cc4)c(C)c23)C1=O. The van der Waals surface area contributed by atoms with Gasteiger partial charge in [-0.15, -0.1) is 22.7 Å². The topological polar surface area (TPSA) is 79.4 Å². The van der Waals surface area contributed by atoms with Crippen LogP contribution in [0, 0.1) is 6.92 Å². The van der Waals surface area contributed by atoms with Gasteiger partial charge in [-0.1, -0.05) is 12.1 Å². The minimum atomic E-state index is -4.24. The molecule has 0 unspecified atom stereocenters. The van der Waals surface area contributed by atoms with E-state index in [0.717, 1.165) is 31.1 Å². The molecule has 2 N–H and O–H groups in total. The minimum Gasteiger partial charge on any atom is -0.492 e. The molecule has 7 nitrogen and oxygen atoms in total. The second-order valence-corrected chi connectivity index (χ2v) is 10.6. The number of rotatable bonds is 9. The number of amides is 1. The highest BCUT2D eigenvalue weighted by Gasteiger charge is 2.26. The Morgan fingerprint density at radius 1 is 1.13 bits per heavy atom. The van der Waals surface area contributed by atoms with Gasteiger partial charge >= 0.3 is 6.18 Å². The number of carbonyl (C=O) groups excluding carboxylic acids is 1. The molecule has 3 aromatic heterocycles. The molecule has 0 atom stereocenters. The van der Waals surface area contributed by atoms with E-state index in [1.165, 1.54) is 11.3 Å². The zero-order valence-corrected chi connectivity index (χ0v) is 22.2. The number of fused-ring (bicyclic) bond motifs is 1. The quantitative estimate of drug-likeness (QED) is 0.244. The fraction of sp³-hybridized carbons (Fsp3) is 0.269. The monoisotopic (exact) mass is 559 g/mol. The molecule has 0 saturated heterocycles. The molecule has 4 heterocycles. The number of aromatic nitrogens is 2. The minimum absolute atomic E-state index is 0.0896. The molecule has 38 heavy (non-hydrogen) atoms. The van der Waals surface area contributed by atoms with E-state index >= 15 is 0 Å². The number of nitrogens with one attached hydrogen (secondary N) is 2.